The Kier molecular flexibility index (Phi) is 5.97. The van der Waals surface area contributed by atoms with Gasteiger partial charge in [0.1, 0.15) is 17.4 Å². The van der Waals surface area contributed by atoms with Gasteiger partial charge in [-0.05, 0) is 62.8 Å². The average Bonchev–Trinajstić information content (AvgIpc) is 3.36. The summed E-state index contributed by atoms with van der Waals surface area (Å²) < 4.78 is 6.01. The smallest absolute Gasteiger partial charge is 0.226 e. The number of carbonyl (C=O) groups excluding carboxylic acids is 1. The Morgan fingerprint density at radius 2 is 2.08 bits per heavy atom. The molecule has 0 bridgehead atoms. The van der Waals surface area contributed by atoms with Gasteiger partial charge in [0.2, 0.25) is 5.91 Å². The zero-order valence-corrected chi connectivity index (χ0v) is 17.0. The monoisotopic (exact) mass is 372 g/mol. The molecule has 1 aromatic heterocycles. The maximum Gasteiger partial charge on any atom is 0.226 e. The summed E-state index contributed by atoms with van der Waals surface area (Å²) in [5, 5.41) is 3.00. The number of aryl methyl sites for hydroxylation is 2. The fourth-order valence-corrected chi connectivity index (χ4v) is 3.80. The van der Waals surface area contributed by atoms with Gasteiger partial charge in [0.15, 0.2) is 0 Å². The van der Waals surface area contributed by atoms with E-state index in [9.17, 15) is 4.79 Å². The van der Waals surface area contributed by atoms with Gasteiger partial charge in [0.25, 0.3) is 0 Å². The fraction of sp³-hybridized carbons (Fsp3) is 0.524. The molecule has 1 aliphatic carbocycles. The van der Waals surface area contributed by atoms with Crippen LogP contribution in [-0.4, -0.2) is 22.3 Å². The molecule has 0 radical (unpaired) electrons. The lowest BCUT2D eigenvalue weighted by Crippen LogP contribution is -2.32. The highest BCUT2D eigenvalue weighted by atomic mass is 32.1. The molecule has 0 unspecified atom stereocenters. The molecule has 3 rings (SSSR count). The molecule has 0 atom stereocenters. The van der Waals surface area contributed by atoms with Crippen molar-refractivity contribution in [3.05, 3.63) is 44.9 Å². The van der Waals surface area contributed by atoms with Crippen molar-refractivity contribution < 1.29 is 9.53 Å². The Hall–Kier alpha value is -1.88. The number of thiazole rings is 1. The van der Waals surface area contributed by atoms with E-state index in [1.165, 1.54) is 16.7 Å². The van der Waals surface area contributed by atoms with Crippen molar-refractivity contribution in [3.8, 4) is 5.75 Å². The molecule has 1 saturated carbocycles. The number of benzene rings is 1. The molecule has 0 aliphatic heterocycles. The van der Waals surface area contributed by atoms with Gasteiger partial charge in [-0.3, -0.25) is 4.79 Å². The van der Waals surface area contributed by atoms with Gasteiger partial charge < -0.3 is 9.64 Å². The third-order valence-electron chi connectivity index (χ3n) is 4.80. The highest BCUT2D eigenvalue weighted by molar-refractivity contribution is 7.09. The van der Waals surface area contributed by atoms with Crippen LogP contribution < -0.4 is 4.74 Å². The van der Waals surface area contributed by atoms with Gasteiger partial charge in [0, 0.05) is 17.8 Å². The largest absolute Gasteiger partial charge is 0.486 e. The summed E-state index contributed by atoms with van der Waals surface area (Å²) in [6, 6.07) is 4.25. The summed E-state index contributed by atoms with van der Waals surface area (Å²) in [7, 11) is 0. The molecule has 140 valence electrons. The van der Waals surface area contributed by atoms with E-state index in [2.05, 4.69) is 50.2 Å². The zero-order chi connectivity index (χ0) is 18.7. The molecule has 1 heterocycles. The fourth-order valence-electron chi connectivity index (χ4n) is 3.10. The summed E-state index contributed by atoms with van der Waals surface area (Å²) in [4.78, 5) is 19.0. The van der Waals surface area contributed by atoms with Crippen molar-refractivity contribution in [1.82, 2.24) is 9.88 Å². The third kappa shape index (κ3) is 4.64. The number of nitrogens with zero attached hydrogens (tertiary/aromatic N) is 2. The number of hydrogen-bond donors (Lipinski definition) is 0. The maximum atomic E-state index is 12.4. The van der Waals surface area contributed by atoms with E-state index in [1.54, 1.807) is 11.3 Å². The Labute approximate surface area is 160 Å². The Bertz CT molecular complexity index is 780. The zero-order valence-electron chi connectivity index (χ0n) is 16.2. The SMILES string of the molecule is CCCN(Cc1csc(COc2cc(C)cc(C)c2C)n1)C(=O)C1CC1. The van der Waals surface area contributed by atoms with Crippen LogP contribution in [0.1, 0.15) is 53.6 Å². The van der Waals surface area contributed by atoms with Crippen LogP contribution >= 0.6 is 11.3 Å². The quantitative estimate of drug-likeness (QED) is 0.669. The number of hydrogen-bond acceptors (Lipinski definition) is 4. The molecular formula is C21H28N2O2S. The van der Waals surface area contributed by atoms with E-state index in [4.69, 9.17) is 4.74 Å². The van der Waals surface area contributed by atoms with Crippen LogP contribution in [0.5, 0.6) is 5.75 Å². The molecule has 0 spiro atoms. The second kappa shape index (κ2) is 8.21. The number of amides is 1. The molecule has 2 aromatic rings. The van der Waals surface area contributed by atoms with Crippen LogP contribution in [0.25, 0.3) is 0 Å². The van der Waals surface area contributed by atoms with Gasteiger partial charge in [-0.2, -0.15) is 0 Å². The highest BCUT2D eigenvalue weighted by Gasteiger charge is 2.33. The van der Waals surface area contributed by atoms with E-state index < -0.39 is 0 Å². The van der Waals surface area contributed by atoms with E-state index in [0.717, 1.165) is 42.3 Å². The van der Waals surface area contributed by atoms with Crippen molar-refractivity contribution in [3.63, 3.8) is 0 Å². The summed E-state index contributed by atoms with van der Waals surface area (Å²) in [5.74, 6) is 1.48. The van der Waals surface area contributed by atoms with E-state index in [-0.39, 0.29) is 5.92 Å². The molecule has 0 saturated heterocycles. The van der Waals surface area contributed by atoms with Crippen LogP contribution in [-0.2, 0) is 17.9 Å². The molecule has 1 amide bonds. The molecule has 5 heteroatoms. The summed E-state index contributed by atoms with van der Waals surface area (Å²) >= 11 is 1.60. The predicted octanol–water partition coefficient (Wildman–Crippen LogP) is 4.80. The first-order valence-electron chi connectivity index (χ1n) is 9.40. The van der Waals surface area contributed by atoms with Gasteiger partial charge in [-0.1, -0.05) is 13.0 Å². The molecule has 0 N–H and O–H groups in total. The maximum absolute atomic E-state index is 12.4. The van der Waals surface area contributed by atoms with Gasteiger partial charge in [-0.15, -0.1) is 11.3 Å². The Morgan fingerprint density at radius 1 is 1.31 bits per heavy atom. The highest BCUT2D eigenvalue weighted by Crippen LogP contribution is 2.31. The van der Waals surface area contributed by atoms with E-state index in [0.29, 0.717) is 19.1 Å². The molecule has 4 nitrogen and oxygen atoms in total. The number of aromatic nitrogens is 1. The topological polar surface area (TPSA) is 42.4 Å². The van der Waals surface area contributed by atoms with Crippen LogP contribution in [0.2, 0.25) is 0 Å². The first-order valence-corrected chi connectivity index (χ1v) is 10.3. The van der Waals surface area contributed by atoms with Crippen LogP contribution in [0.3, 0.4) is 0 Å². The number of carbonyl (C=O) groups is 1. The van der Waals surface area contributed by atoms with Crippen molar-refractivity contribution in [2.75, 3.05) is 6.54 Å². The minimum atomic E-state index is 0.260. The summed E-state index contributed by atoms with van der Waals surface area (Å²) in [6.45, 7) is 10.3. The van der Waals surface area contributed by atoms with Crippen molar-refractivity contribution in [2.45, 2.75) is 60.1 Å². The summed E-state index contributed by atoms with van der Waals surface area (Å²) in [5.41, 5.74) is 4.59. The van der Waals surface area contributed by atoms with Crippen molar-refractivity contribution in [1.29, 1.82) is 0 Å². The van der Waals surface area contributed by atoms with Gasteiger partial charge in [-0.25, -0.2) is 4.98 Å². The van der Waals surface area contributed by atoms with Gasteiger partial charge in [0.05, 0.1) is 12.2 Å². The lowest BCUT2D eigenvalue weighted by atomic mass is 10.1. The molecule has 1 aliphatic rings. The van der Waals surface area contributed by atoms with Crippen molar-refractivity contribution >= 4 is 17.2 Å². The molecular weight excluding hydrogens is 344 g/mol. The first-order chi connectivity index (χ1) is 12.5. The summed E-state index contributed by atoms with van der Waals surface area (Å²) in [6.07, 6.45) is 3.07. The second-order valence-corrected chi connectivity index (χ2v) is 8.20. The molecule has 1 fully saturated rings. The minimum Gasteiger partial charge on any atom is -0.486 e. The van der Waals surface area contributed by atoms with Crippen molar-refractivity contribution in [2.24, 2.45) is 5.92 Å². The third-order valence-corrected chi connectivity index (χ3v) is 5.67. The van der Waals surface area contributed by atoms with Gasteiger partial charge >= 0.3 is 0 Å². The Morgan fingerprint density at radius 3 is 2.77 bits per heavy atom. The second-order valence-electron chi connectivity index (χ2n) is 7.26. The van der Waals surface area contributed by atoms with E-state index >= 15 is 0 Å². The average molecular weight is 373 g/mol. The first kappa shape index (κ1) is 18.9. The lowest BCUT2D eigenvalue weighted by molar-refractivity contribution is -0.133. The molecule has 1 aromatic carbocycles. The van der Waals surface area contributed by atoms with Crippen LogP contribution in [0.4, 0.5) is 0 Å². The standard InChI is InChI=1S/C21H28N2O2S/c1-5-8-23(21(24)17-6-7-17)11-18-13-26-20(22-18)12-25-19-10-14(2)9-15(3)16(19)4/h9-10,13,17H,5-8,11-12H2,1-4H3. The number of ether oxygens (including phenoxy) is 1. The van der Waals surface area contributed by atoms with Crippen LogP contribution in [0, 0.1) is 26.7 Å². The normalized spacial score (nSPS) is 13.7. The predicted molar refractivity (Wildman–Crippen MR) is 106 cm³/mol. The molecule has 26 heavy (non-hydrogen) atoms. The van der Waals surface area contributed by atoms with Crippen LogP contribution in [0.15, 0.2) is 17.5 Å². The lowest BCUT2D eigenvalue weighted by Gasteiger charge is -2.21. The minimum absolute atomic E-state index is 0.260. The number of rotatable bonds is 8. The Balaban J connectivity index is 1.61. The van der Waals surface area contributed by atoms with E-state index in [1.807, 2.05) is 4.90 Å².